The predicted octanol–water partition coefficient (Wildman–Crippen LogP) is 3.65. The van der Waals surface area contributed by atoms with Gasteiger partial charge in [0.2, 0.25) is 10.0 Å². The molecule has 0 bridgehead atoms. The molecule has 6 nitrogen and oxygen atoms in total. The van der Waals surface area contributed by atoms with Gasteiger partial charge in [-0.1, -0.05) is 37.2 Å². The Kier molecular flexibility index (Phi) is 4.64. The highest BCUT2D eigenvalue weighted by Crippen LogP contribution is 2.43. The molecule has 3 rings (SSSR count). The maximum absolute atomic E-state index is 12.9. The average molecular weight is 364 g/mol. The van der Waals surface area contributed by atoms with Crippen molar-refractivity contribution in [1.29, 1.82) is 0 Å². The molecular formula is C18H24N2O4S. The molecule has 136 valence electrons. The lowest BCUT2D eigenvalue weighted by atomic mass is 9.84. The fourth-order valence-electron chi connectivity index (χ4n) is 3.51. The Morgan fingerprint density at radius 2 is 1.92 bits per heavy atom. The van der Waals surface area contributed by atoms with Gasteiger partial charge in [-0.2, -0.15) is 0 Å². The molecule has 0 radical (unpaired) electrons. The van der Waals surface area contributed by atoms with Crippen molar-refractivity contribution in [2.45, 2.75) is 63.5 Å². The normalized spacial score (nSPS) is 19.3. The molecule has 0 fully saturated rings. The zero-order valence-corrected chi connectivity index (χ0v) is 15.8. The highest BCUT2D eigenvalue weighted by Gasteiger charge is 2.40. The molecule has 1 atom stereocenters. The molecule has 1 aromatic heterocycles. The van der Waals surface area contributed by atoms with E-state index in [0.29, 0.717) is 17.9 Å². The van der Waals surface area contributed by atoms with Crippen molar-refractivity contribution in [3.8, 4) is 5.75 Å². The van der Waals surface area contributed by atoms with E-state index in [2.05, 4.69) is 23.7 Å². The van der Waals surface area contributed by atoms with Crippen LogP contribution < -0.4 is 9.46 Å². The lowest BCUT2D eigenvalue weighted by molar-refractivity contribution is 0.0260. The fourth-order valence-corrected chi connectivity index (χ4v) is 5.06. The number of rotatable bonds is 5. The van der Waals surface area contributed by atoms with E-state index in [-0.39, 0.29) is 16.5 Å². The molecule has 2 aromatic rings. The molecule has 0 aliphatic carbocycles. The van der Waals surface area contributed by atoms with E-state index in [1.807, 2.05) is 24.3 Å². The predicted molar refractivity (Wildman–Crippen MR) is 94.0 cm³/mol. The third-order valence-electron chi connectivity index (χ3n) is 5.02. The second kappa shape index (κ2) is 6.46. The number of aromatic nitrogens is 1. The number of ether oxygens (including phenoxy) is 1. The van der Waals surface area contributed by atoms with E-state index < -0.39 is 10.0 Å². The van der Waals surface area contributed by atoms with E-state index >= 15 is 0 Å². The van der Waals surface area contributed by atoms with Crippen molar-refractivity contribution < 1.29 is 17.7 Å². The molecule has 0 saturated carbocycles. The Bertz CT molecular complexity index is 849. The van der Waals surface area contributed by atoms with Crippen LogP contribution in [0.5, 0.6) is 5.75 Å². The summed E-state index contributed by atoms with van der Waals surface area (Å²) in [5.41, 5.74) is 0.846. The number of para-hydroxylation sites is 1. The van der Waals surface area contributed by atoms with Gasteiger partial charge in [-0.05, 0) is 32.8 Å². The number of benzene rings is 1. The van der Waals surface area contributed by atoms with Crippen molar-refractivity contribution >= 4 is 10.0 Å². The maximum Gasteiger partial charge on any atom is 0.246 e. The standard InChI is InChI=1S/C18H24N2O4S/c1-5-18(6-2)11-15(14-9-7-8-10-16(14)23-18)20-25(21,22)17-12(3)19-24-13(17)4/h7-10,15,20H,5-6,11H2,1-4H3. The molecule has 1 unspecified atom stereocenters. The number of aryl methyl sites for hydroxylation is 2. The van der Waals surface area contributed by atoms with Gasteiger partial charge < -0.3 is 9.26 Å². The molecule has 1 aliphatic heterocycles. The van der Waals surface area contributed by atoms with Crippen molar-refractivity contribution in [3.05, 3.63) is 41.3 Å². The molecule has 1 aromatic carbocycles. The first-order chi connectivity index (χ1) is 11.8. The van der Waals surface area contributed by atoms with Crippen molar-refractivity contribution in [2.75, 3.05) is 0 Å². The van der Waals surface area contributed by atoms with Gasteiger partial charge in [0, 0.05) is 12.0 Å². The summed E-state index contributed by atoms with van der Waals surface area (Å²) in [6, 6.07) is 7.24. The quantitative estimate of drug-likeness (QED) is 0.876. The van der Waals surface area contributed by atoms with Gasteiger partial charge in [0.25, 0.3) is 0 Å². The summed E-state index contributed by atoms with van der Waals surface area (Å²) in [5.74, 6) is 1.03. The molecule has 1 N–H and O–H groups in total. The van der Waals surface area contributed by atoms with Gasteiger partial charge in [-0.15, -0.1) is 0 Å². The van der Waals surface area contributed by atoms with Crippen LogP contribution in [0, 0.1) is 13.8 Å². The molecule has 1 aliphatic rings. The average Bonchev–Trinajstić information content (AvgIpc) is 2.93. The molecule has 0 saturated heterocycles. The topological polar surface area (TPSA) is 81.4 Å². The summed E-state index contributed by atoms with van der Waals surface area (Å²) in [4.78, 5) is 0.120. The van der Waals surface area contributed by atoms with E-state index in [0.717, 1.165) is 24.2 Å². The van der Waals surface area contributed by atoms with Gasteiger partial charge in [-0.3, -0.25) is 0 Å². The first-order valence-corrected chi connectivity index (χ1v) is 10.0. The van der Waals surface area contributed by atoms with Gasteiger partial charge in [0.15, 0.2) is 5.76 Å². The van der Waals surface area contributed by atoms with Crippen LogP contribution in [-0.2, 0) is 10.0 Å². The van der Waals surface area contributed by atoms with Crippen molar-refractivity contribution in [3.63, 3.8) is 0 Å². The SMILES string of the molecule is CCC1(CC)CC(NS(=O)(=O)c2c(C)noc2C)c2ccccc2O1. The maximum atomic E-state index is 12.9. The zero-order chi connectivity index (χ0) is 18.2. The van der Waals surface area contributed by atoms with Crippen LogP contribution >= 0.6 is 0 Å². The first kappa shape index (κ1) is 17.9. The van der Waals surface area contributed by atoms with E-state index in [9.17, 15) is 8.42 Å². The lowest BCUT2D eigenvalue weighted by Gasteiger charge is -2.41. The van der Waals surface area contributed by atoms with Gasteiger partial charge in [0.05, 0.1) is 6.04 Å². The lowest BCUT2D eigenvalue weighted by Crippen LogP contribution is -2.44. The second-order valence-corrected chi connectivity index (χ2v) is 8.21. The third-order valence-corrected chi connectivity index (χ3v) is 6.73. The smallest absolute Gasteiger partial charge is 0.246 e. The van der Waals surface area contributed by atoms with Gasteiger partial charge >= 0.3 is 0 Å². The minimum atomic E-state index is -3.75. The van der Waals surface area contributed by atoms with Crippen LogP contribution in [0.2, 0.25) is 0 Å². The van der Waals surface area contributed by atoms with Gasteiger partial charge in [-0.25, -0.2) is 13.1 Å². The van der Waals surface area contributed by atoms with Crippen LogP contribution in [-0.4, -0.2) is 19.2 Å². The largest absolute Gasteiger partial charge is 0.487 e. The Hall–Kier alpha value is -1.86. The molecular weight excluding hydrogens is 340 g/mol. The molecule has 0 spiro atoms. The number of nitrogens with zero attached hydrogens (tertiary/aromatic N) is 1. The Labute approximate surface area is 148 Å². The number of sulfonamides is 1. The number of fused-ring (bicyclic) bond motifs is 1. The molecule has 25 heavy (non-hydrogen) atoms. The van der Waals surface area contributed by atoms with E-state index in [1.54, 1.807) is 13.8 Å². The van der Waals surface area contributed by atoms with E-state index in [1.165, 1.54) is 0 Å². The van der Waals surface area contributed by atoms with Crippen molar-refractivity contribution in [1.82, 2.24) is 9.88 Å². The summed E-state index contributed by atoms with van der Waals surface area (Å²) in [5, 5.41) is 3.76. The summed E-state index contributed by atoms with van der Waals surface area (Å²) in [6.07, 6.45) is 2.20. The first-order valence-electron chi connectivity index (χ1n) is 8.55. The Morgan fingerprint density at radius 1 is 1.24 bits per heavy atom. The van der Waals surface area contributed by atoms with Crippen LogP contribution in [0.1, 0.15) is 56.2 Å². The van der Waals surface area contributed by atoms with Crippen molar-refractivity contribution in [2.24, 2.45) is 0 Å². The van der Waals surface area contributed by atoms with Crippen LogP contribution in [0.15, 0.2) is 33.7 Å². The summed E-state index contributed by atoms with van der Waals surface area (Å²) in [7, 11) is -3.75. The fraction of sp³-hybridized carbons (Fsp3) is 0.500. The zero-order valence-electron chi connectivity index (χ0n) is 15.0. The molecule has 0 amide bonds. The summed E-state index contributed by atoms with van der Waals surface area (Å²) < 4.78 is 40.0. The highest BCUT2D eigenvalue weighted by molar-refractivity contribution is 7.89. The molecule has 2 heterocycles. The number of hydrogen-bond acceptors (Lipinski definition) is 5. The molecule has 7 heteroatoms. The third kappa shape index (κ3) is 3.18. The monoisotopic (exact) mass is 364 g/mol. The van der Waals surface area contributed by atoms with Crippen LogP contribution in [0.25, 0.3) is 0 Å². The number of hydrogen-bond donors (Lipinski definition) is 1. The Balaban J connectivity index is 2.01. The highest BCUT2D eigenvalue weighted by atomic mass is 32.2. The Morgan fingerprint density at radius 3 is 2.52 bits per heavy atom. The van der Waals surface area contributed by atoms with Crippen LogP contribution in [0.4, 0.5) is 0 Å². The van der Waals surface area contributed by atoms with E-state index in [4.69, 9.17) is 9.26 Å². The summed E-state index contributed by atoms with van der Waals surface area (Å²) >= 11 is 0. The number of nitrogens with one attached hydrogen (secondary N) is 1. The van der Waals surface area contributed by atoms with Crippen LogP contribution in [0.3, 0.4) is 0 Å². The van der Waals surface area contributed by atoms with Gasteiger partial charge in [0.1, 0.15) is 21.9 Å². The summed E-state index contributed by atoms with van der Waals surface area (Å²) in [6.45, 7) is 7.37. The minimum Gasteiger partial charge on any atom is -0.487 e. The minimum absolute atomic E-state index is 0.120. The second-order valence-electron chi connectivity index (χ2n) is 6.56.